The number of para-hydroxylation sites is 2. The lowest BCUT2D eigenvalue weighted by Gasteiger charge is -2.25. The number of hydrogen-bond donors (Lipinski definition) is 1. The number of amides is 1. The number of anilines is 1. The Hall–Kier alpha value is -2.37. The SMILES string of the molecule is O=C1NC[C@]2(CCCN(c3cnc4ccccc4n3)CC2)O1. The maximum Gasteiger partial charge on any atom is 0.407 e. The number of fused-ring (bicyclic) bond motifs is 1. The van der Waals surface area contributed by atoms with E-state index in [1.54, 1.807) is 0 Å². The van der Waals surface area contributed by atoms with Crippen LogP contribution in [0.25, 0.3) is 11.0 Å². The van der Waals surface area contributed by atoms with Crippen molar-refractivity contribution in [1.29, 1.82) is 0 Å². The topological polar surface area (TPSA) is 67.4 Å². The molecular weight excluding hydrogens is 280 g/mol. The molecule has 114 valence electrons. The fraction of sp³-hybridized carbons (Fsp3) is 0.438. The van der Waals surface area contributed by atoms with Crippen molar-refractivity contribution in [2.24, 2.45) is 0 Å². The molecule has 3 heterocycles. The minimum absolute atomic E-state index is 0.293. The van der Waals surface area contributed by atoms with E-state index in [1.165, 1.54) is 0 Å². The van der Waals surface area contributed by atoms with Crippen LogP contribution < -0.4 is 10.2 Å². The molecule has 22 heavy (non-hydrogen) atoms. The normalized spacial score (nSPS) is 25.1. The highest BCUT2D eigenvalue weighted by Gasteiger charge is 2.41. The zero-order chi connectivity index (χ0) is 15.0. The van der Waals surface area contributed by atoms with Gasteiger partial charge in [0.2, 0.25) is 0 Å². The first kappa shape index (κ1) is 13.3. The van der Waals surface area contributed by atoms with Gasteiger partial charge in [-0.05, 0) is 25.0 Å². The number of carbonyl (C=O) groups is 1. The lowest BCUT2D eigenvalue weighted by atomic mass is 9.95. The van der Waals surface area contributed by atoms with Crippen molar-refractivity contribution in [2.75, 3.05) is 24.5 Å². The fourth-order valence-electron chi connectivity index (χ4n) is 3.28. The summed E-state index contributed by atoms with van der Waals surface area (Å²) in [5.41, 5.74) is 1.48. The molecule has 2 fully saturated rings. The molecule has 6 nitrogen and oxygen atoms in total. The third-order valence-electron chi connectivity index (χ3n) is 4.52. The predicted octanol–water partition coefficient (Wildman–Crippen LogP) is 2.10. The molecule has 4 rings (SSSR count). The standard InChI is InChI=1S/C16H18N4O2/c21-15-18-11-16(22-15)6-3-8-20(9-7-16)14-10-17-12-4-1-2-5-13(12)19-14/h1-2,4-5,10H,3,6-9,11H2,(H,18,21)/t16-/m1/s1. The predicted molar refractivity (Wildman–Crippen MR) is 82.8 cm³/mol. The summed E-state index contributed by atoms with van der Waals surface area (Å²) in [5.74, 6) is 0.896. The Bertz CT molecular complexity index is 720. The number of carbonyl (C=O) groups excluding carboxylic acids is 1. The fourth-order valence-corrected chi connectivity index (χ4v) is 3.28. The first-order chi connectivity index (χ1) is 10.7. The van der Waals surface area contributed by atoms with E-state index in [4.69, 9.17) is 9.72 Å². The smallest absolute Gasteiger partial charge is 0.407 e. The molecule has 2 aliphatic rings. The van der Waals surface area contributed by atoms with Gasteiger partial charge in [-0.2, -0.15) is 0 Å². The van der Waals surface area contributed by atoms with Crippen molar-refractivity contribution in [2.45, 2.75) is 24.9 Å². The molecule has 1 atom stereocenters. The summed E-state index contributed by atoms with van der Waals surface area (Å²) in [7, 11) is 0. The van der Waals surface area contributed by atoms with Crippen LogP contribution in [-0.2, 0) is 4.74 Å². The zero-order valence-electron chi connectivity index (χ0n) is 12.3. The molecule has 0 bridgehead atoms. The number of ether oxygens (including phenoxy) is 1. The van der Waals surface area contributed by atoms with E-state index in [9.17, 15) is 4.79 Å². The highest BCUT2D eigenvalue weighted by atomic mass is 16.6. The summed E-state index contributed by atoms with van der Waals surface area (Å²) < 4.78 is 5.51. The van der Waals surface area contributed by atoms with Crippen molar-refractivity contribution >= 4 is 22.9 Å². The first-order valence-electron chi connectivity index (χ1n) is 7.68. The molecule has 0 unspecified atom stereocenters. The van der Waals surface area contributed by atoms with Gasteiger partial charge in [0.05, 0.1) is 23.8 Å². The third kappa shape index (κ3) is 2.34. The molecular formula is C16H18N4O2. The van der Waals surface area contributed by atoms with Crippen LogP contribution in [0, 0.1) is 0 Å². The highest BCUT2D eigenvalue weighted by molar-refractivity contribution is 5.75. The molecule has 2 aliphatic heterocycles. The number of rotatable bonds is 1. The molecule has 1 amide bonds. The van der Waals surface area contributed by atoms with Crippen LogP contribution >= 0.6 is 0 Å². The summed E-state index contributed by atoms with van der Waals surface area (Å²) in [6.45, 7) is 2.34. The van der Waals surface area contributed by atoms with Gasteiger partial charge in [-0.3, -0.25) is 4.98 Å². The van der Waals surface area contributed by atoms with Crippen LogP contribution in [0.2, 0.25) is 0 Å². The van der Waals surface area contributed by atoms with Crippen molar-refractivity contribution in [3.63, 3.8) is 0 Å². The van der Waals surface area contributed by atoms with Gasteiger partial charge in [-0.1, -0.05) is 12.1 Å². The Labute approximate surface area is 128 Å². The number of hydrogen-bond acceptors (Lipinski definition) is 5. The maximum absolute atomic E-state index is 11.4. The Kier molecular flexibility index (Phi) is 3.10. The van der Waals surface area contributed by atoms with E-state index >= 15 is 0 Å². The number of alkyl carbamates (subject to hydrolysis) is 1. The minimum atomic E-state index is -0.337. The summed E-state index contributed by atoms with van der Waals surface area (Å²) >= 11 is 0. The average molecular weight is 298 g/mol. The van der Waals surface area contributed by atoms with Crippen LogP contribution in [-0.4, -0.2) is 41.3 Å². The molecule has 0 aliphatic carbocycles. The van der Waals surface area contributed by atoms with Crippen LogP contribution in [0.3, 0.4) is 0 Å². The quantitative estimate of drug-likeness (QED) is 0.873. The molecule has 6 heteroatoms. The second-order valence-corrected chi connectivity index (χ2v) is 5.98. The number of nitrogens with zero attached hydrogens (tertiary/aromatic N) is 3. The van der Waals surface area contributed by atoms with Crippen LogP contribution in [0.4, 0.5) is 10.6 Å². The maximum atomic E-state index is 11.4. The van der Waals surface area contributed by atoms with Crippen molar-refractivity contribution in [3.8, 4) is 0 Å². The van der Waals surface area contributed by atoms with Crippen molar-refractivity contribution in [3.05, 3.63) is 30.5 Å². The van der Waals surface area contributed by atoms with E-state index in [1.807, 2.05) is 30.5 Å². The van der Waals surface area contributed by atoms with Crippen LogP contribution in [0.1, 0.15) is 19.3 Å². The molecule has 2 saturated heterocycles. The Morgan fingerprint density at radius 3 is 2.86 bits per heavy atom. The average Bonchev–Trinajstić information content (AvgIpc) is 2.78. The molecule has 1 aromatic carbocycles. The largest absolute Gasteiger partial charge is 0.441 e. The van der Waals surface area contributed by atoms with Gasteiger partial charge >= 0.3 is 6.09 Å². The van der Waals surface area contributed by atoms with Crippen molar-refractivity contribution < 1.29 is 9.53 Å². The molecule has 0 radical (unpaired) electrons. The van der Waals surface area contributed by atoms with E-state index in [0.717, 1.165) is 49.2 Å². The van der Waals surface area contributed by atoms with Crippen molar-refractivity contribution in [1.82, 2.24) is 15.3 Å². The lowest BCUT2D eigenvalue weighted by molar-refractivity contribution is 0.0473. The second kappa shape index (κ2) is 5.12. The third-order valence-corrected chi connectivity index (χ3v) is 4.52. The molecule has 0 saturated carbocycles. The number of aromatic nitrogens is 2. The summed E-state index contributed by atoms with van der Waals surface area (Å²) in [6.07, 6.45) is 4.23. The van der Waals surface area contributed by atoms with Gasteiger partial charge in [-0.15, -0.1) is 0 Å². The van der Waals surface area contributed by atoms with Gasteiger partial charge in [0, 0.05) is 19.5 Å². The summed E-state index contributed by atoms with van der Waals surface area (Å²) in [6, 6.07) is 7.89. The lowest BCUT2D eigenvalue weighted by Crippen LogP contribution is -2.35. The monoisotopic (exact) mass is 298 g/mol. The van der Waals surface area contributed by atoms with Gasteiger partial charge in [0.1, 0.15) is 11.4 Å². The van der Waals surface area contributed by atoms with Gasteiger partial charge in [0.15, 0.2) is 0 Å². The van der Waals surface area contributed by atoms with Gasteiger partial charge in [0.25, 0.3) is 0 Å². The van der Waals surface area contributed by atoms with Gasteiger partial charge in [-0.25, -0.2) is 9.78 Å². The van der Waals surface area contributed by atoms with Gasteiger partial charge < -0.3 is 15.0 Å². The minimum Gasteiger partial charge on any atom is -0.441 e. The summed E-state index contributed by atoms with van der Waals surface area (Å²) in [5, 5.41) is 2.78. The zero-order valence-corrected chi connectivity index (χ0v) is 12.3. The van der Waals surface area contributed by atoms with E-state index in [2.05, 4.69) is 15.2 Å². The van der Waals surface area contributed by atoms with E-state index in [0.29, 0.717) is 6.54 Å². The summed E-state index contributed by atoms with van der Waals surface area (Å²) in [4.78, 5) is 22.8. The Morgan fingerprint density at radius 2 is 2.05 bits per heavy atom. The first-order valence-corrected chi connectivity index (χ1v) is 7.68. The number of nitrogens with one attached hydrogen (secondary N) is 1. The Balaban J connectivity index is 1.56. The number of benzene rings is 1. The molecule has 1 aromatic heterocycles. The molecule has 1 N–H and O–H groups in total. The van der Waals surface area contributed by atoms with E-state index < -0.39 is 0 Å². The molecule has 1 spiro atoms. The second-order valence-electron chi connectivity index (χ2n) is 5.98. The van der Waals surface area contributed by atoms with Crippen LogP contribution in [0.5, 0.6) is 0 Å². The Morgan fingerprint density at radius 1 is 1.18 bits per heavy atom. The van der Waals surface area contributed by atoms with Crippen LogP contribution in [0.15, 0.2) is 30.5 Å². The highest BCUT2D eigenvalue weighted by Crippen LogP contribution is 2.30. The van der Waals surface area contributed by atoms with E-state index in [-0.39, 0.29) is 11.7 Å². The molecule has 2 aromatic rings.